The molecule has 2 nitrogen and oxygen atoms in total. The van der Waals surface area contributed by atoms with E-state index >= 15 is 0 Å². The quantitative estimate of drug-likeness (QED) is 0.211. The van der Waals surface area contributed by atoms with Crippen LogP contribution in [0.15, 0.2) is 138 Å². The molecule has 1 aliphatic heterocycles. The van der Waals surface area contributed by atoms with Gasteiger partial charge in [-0.1, -0.05) is 115 Å². The number of aryl methyl sites for hydroxylation is 2. The number of ether oxygens (including phenoxy) is 1. The van der Waals surface area contributed by atoms with Crippen LogP contribution < -0.4 is 4.74 Å². The highest BCUT2D eigenvalue weighted by Gasteiger charge is 2.69. The van der Waals surface area contributed by atoms with Crippen LogP contribution in [0.3, 0.4) is 0 Å². The van der Waals surface area contributed by atoms with Gasteiger partial charge < -0.3 is 9.15 Å². The minimum absolute atomic E-state index is 0.0220. The second kappa shape index (κ2) is 9.46. The van der Waals surface area contributed by atoms with Gasteiger partial charge in [0.1, 0.15) is 22.7 Å². The topological polar surface area (TPSA) is 22.4 Å². The van der Waals surface area contributed by atoms with E-state index in [1.165, 1.54) is 49.4 Å². The van der Waals surface area contributed by atoms with Crippen LogP contribution in [0.4, 0.5) is 0 Å². The smallest absolute Gasteiger partial charge is 0.145 e. The average Bonchev–Trinajstić information content (AvgIpc) is 3.59. The van der Waals surface area contributed by atoms with Gasteiger partial charge >= 0.3 is 0 Å². The molecule has 9 rings (SSSR count). The third kappa shape index (κ3) is 3.55. The van der Waals surface area contributed by atoms with E-state index in [1.807, 2.05) is 0 Å². The Hall–Kier alpha value is -5.08. The normalized spacial score (nSPS) is 22.3. The molecule has 4 atom stereocenters. The van der Waals surface area contributed by atoms with E-state index in [0.29, 0.717) is 0 Å². The molecule has 0 amide bonds. The van der Waals surface area contributed by atoms with Crippen molar-refractivity contribution in [2.24, 2.45) is 0 Å². The van der Waals surface area contributed by atoms with Crippen molar-refractivity contribution in [2.75, 3.05) is 0 Å². The molecule has 2 heterocycles. The summed E-state index contributed by atoms with van der Waals surface area (Å²) >= 11 is 0. The fourth-order valence-electron chi connectivity index (χ4n) is 8.16. The van der Waals surface area contributed by atoms with Crippen LogP contribution in [0.2, 0.25) is 0 Å². The molecule has 6 aromatic carbocycles. The van der Waals surface area contributed by atoms with Gasteiger partial charge in [0, 0.05) is 22.8 Å². The van der Waals surface area contributed by atoms with Gasteiger partial charge in [-0.15, -0.1) is 0 Å². The summed E-state index contributed by atoms with van der Waals surface area (Å²) in [5.41, 5.74) is 6.74. The predicted octanol–water partition coefficient (Wildman–Crippen LogP) is 10.9. The number of hydrogen-bond acceptors (Lipinski definition) is 2. The van der Waals surface area contributed by atoms with E-state index in [1.54, 1.807) is 0 Å². The van der Waals surface area contributed by atoms with Crippen LogP contribution in [0.1, 0.15) is 51.3 Å². The second-order valence-electron chi connectivity index (χ2n) is 12.5. The molecule has 1 aromatic heterocycles. The number of benzene rings is 6. The number of rotatable bonds is 4. The Bertz CT molecular complexity index is 2270. The first-order valence-electron chi connectivity index (χ1n) is 15.5. The Morgan fingerprint density at radius 1 is 0.614 bits per heavy atom. The van der Waals surface area contributed by atoms with Crippen LogP contribution in [0.5, 0.6) is 5.75 Å². The Labute approximate surface area is 257 Å². The van der Waals surface area contributed by atoms with Gasteiger partial charge in [0.15, 0.2) is 0 Å². The maximum atomic E-state index is 7.26. The highest BCUT2D eigenvalue weighted by molar-refractivity contribution is 6.06. The molecule has 212 valence electrons. The molecule has 1 fully saturated rings. The molecule has 44 heavy (non-hydrogen) atoms. The largest absolute Gasteiger partial charge is 0.481 e. The van der Waals surface area contributed by atoms with E-state index in [9.17, 15) is 0 Å². The maximum Gasteiger partial charge on any atom is 0.145 e. The van der Waals surface area contributed by atoms with E-state index in [2.05, 4.69) is 153 Å². The Kier molecular flexibility index (Phi) is 5.47. The van der Waals surface area contributed by atoms with Crippen molar-refractivity contribution in [3.05, 3.63) is 167 Å². The van der Waals surface area contributed by atoms with Crippen molar-refractivity contribution in [1.82, 2.24) is 0 Å². The van der Waals surface area contributed by atoms with Gasteiger partial charge in [-0.3, -0.25) is 0 Å². The second-order valence-corrected chi connectivity index (χ2v) is 12.5. The zero-order chi connectivity index (χ0) is 29.4. The van der Waals surface area contributed by atoms with Gasteiger partial charge in [-0.2, -0.15) is 0 Å². The molecule has 1 aliphatic carbocycles. The summed E-state index contributed by atoms with van der Waals surface area (Å²) in [6.07, 6.45) is 4.62. The van der Waals surface area contributed by atoms with Gasteiger partial charge in [0.25, 0.3) is 0 Å². The first-order chi connectivity index (χ1) is 21.6. The number of furan rings is 1. The minimum Gasteiger partial charge on any atom is -0.481 e. The molecular formula is C42H32O2. The van der Waals surface area contributed by atoms with Crippen LogP contribution in [0.25, 0.3) is 38.6 Å². The minimum atomic E-state index is -0.606. The summed E-state index contributed by atoms with van der Waals surface area (Å²) in [5, 5.41) is 6.11. The molecule has 1 saturated carbocycles. The van der Waals surface area contributed by atoms with E-state index in [4.69, 9.17) is 9.15 Å². The number of hydrogen-bond donors (Lipinski definition) is 0. The van der Waals surface area contributed by atoms with Crippen LogP contribution in [0, 0.1) is 13.8 Å². The molecule has 0 N–H and O–H groups in total. The van der Waals surface area contributed by atoms with Crippen molar-refractivity contribution in [2.45, 2.75) is 37.2 Å². The standard InChI is InChI=1S/C42H32O2/c1-26-11-3-5-13-28(26)23-24-42-40(37-25-34-32-17-9-6-14-29(32)19-21-35(34)43-37)39(31-16-8-4-12-27(31)2)41(42)38-33-18-10-7-15-30(33)20-22-36(38)44-42/h3-25,39-41H,1-2H3/b24-23+/t39-,40-,41-,42+/m1/s1. The lowest BCUT2D eigenvalue weighted by Crippen LogP contribution is -2.57. The molecule has 0 bridgehead atoms. The van der Waals surface area contributed by atoms with Gasteiger partial charge in [0.05, 0.1) is 5.92 Å². The Morgan fingerprint density at radius 3 is 2.11 bits per heavy atom. The van der Waals surface area contributed by atoms with E-state index in [-0.39, 0.29) is 17.8 Å². The highest BCUT2D eigenvalue weighted by Crippen LogP contribution is 2.72. The molecule has 2 heteroatoms. The fourth-order valence-corrected chi connectivity index (χ4v) is 8.16. The fraction of sp³-hybridized carbons (Fsp3) is 0.143. The maximum absolute atomic E-state index is 7.26. The molecule has 0 spiro atoms. The lowest BCUT2D eigenvalue weighted by atomic mass is 9.49. The van der Waals surface area contributed by atoms with Gasteiger partial charge in [0.2, 0.25) is 0 Å². The predicted molar refractivity (Wildman–Crippen MR) is 181 cm³/mol. The zero-order valence-electron chi connectivity index (χ0n) is 24.8. The van der Waals surface area contributed by atoms with Crippen molar-refractivity contribution in [3.8, 4) is 5.75 Å². The molecular weight excluding hydrogens is 536 g/mol. The number of fused-ring (bicyclic) bond motifs is 8. The average molecular weight is 569 g/mol. The molecule has 0 unspecified atom stereocenters. The summed E-state index contributed by atoms with van der Waals surface area (Å²) in [6, 6.07) is 45.7. The highest BCUT2D eigenvalue weighted by atomic mass is 16.5. The van der Waals surface area contributed by atoms with Crippen LogP contribution >= 0.6 is 0 Å². The van der Waals surface area contributed by atoms with Crippen molar-refractivity contribution >= 4 is 38.6 Å². The van der Waals surface area contributed by atoms with Gasteiger partial charge in [-0.25, -0.2) is 0 Å². The lowest BCUT2D eigenvalue weighted by molar-refractivity contribution is -0.0151. The summed E-state index contributed by atoms with van der Waals surface area (Å²) in [5.74, 6) is 2.24. The monoisotopic (exact) mass is 568 g/mol. The molecule has 0 saturated heterocycles. The summed E-state index contributed by atoms with van der Waals surface area (Å²) in [6.45, 7) is 4.41. The van der Waals surface area contributed by atoms with Crippen LogP contribution in [-0.2, 0) is 0 Å². The summed E-state index contributed by atoms with van der Waals surface area (Å²) in [7, 11) is 0. The SMILES string of the molecule is Cc1ccccc1/C=C/[C@@]12Oc3ccc4ccccc4c3[C@@H]1[C@H](c1ccccc1C)[C@H]2c1cc2c(ccc3ccccc32)o1. The molecule has 2 aliphatic rings. The molecule has 7 aromatic rings. The lowest BCUT2D eigenvalue weighted by Gasteiger charge is -2.55. The van der Waals surface area contributed by atoms with Crippen molar-refractivity contribution in [1.29, 1.82) is 0 Å². The summed E-state index contributed by atoms with van der Waals surface area (Å²) in [4.78, 5) is 0. The first-order valence-corrected chi connectivity index (χ1v) is 15.5. The van der Waals surface area contributed by atoms with Crippen molar-refractivity contribution in [3.63, 3.8) is 0 Å². The zero-order valence-corrected chi connectivity index (χ0v) is 24.8. The summed E-state index contributed by atoms with van der Waals surface area (Å²) < 4.78 is 14.1. The third-order valence-corrected chi connectivity index (χ3v) is 10.2. The Balaban J connectivity index is 1.32. The molecule has 0 radical (unpaired) electrons. The first kappa shape index (κ1) is 25.4. The third-order valence-electron chi connectivity index (χ3n) is 10.2. The van der Waals surface area contributed by atoms with Crippen LogP contribution in [-0.4, -0.2) is 5.60 Å². The van der Waals surface area contributed by atoms with E-state index < -0.39 is 5.60 Å². The van der Waals surface area contributed by atoms with E-state index in [0.717, 1.165) is 22.5 Å². The Morgan fingerprint density at radius 2 is 1.30 bits per heavy atom. The van der Waals surface area contributed by atoms with Crippen molar-refractivity contribution < 1.29 is 9.15 Å². The van der Waals surface area contributed by atoms with Gasteiger partial charge in [-0.05, 0) is 81.9 Å².